The summed E-state index contributed by atoms with van der Waals surface area (Å²) in [5, 5.41) is 24.9. The normalized spacial score (nSPS) is 10.6. The van der Waals surface area contributed by atoms with Crippen LogP contribution < -0.4 is 10.1 Å². The predicted molar refractivity (Wildman–Crippen MR) is 114 cm³/mol. The van der Waals surface area contributed by atoms with Crippen LogP contribution >= 0.6 is 34.5 Å². The van der Waals surface area contributed by atoms with Crippen molar-refractivity contribution in [3.63, 3.8) is 0 Å². The maximum atomic E-state index is 9.60. The fourth-order valence-electron chi connectivity index (χ4n) is 2.64. The molecule has 0 radical (unpaired) electrons. The van der Waals surface area contributed by atoms with E-state index in [0.717, 1.165) is 22.3 Å². The third-order valence-corrected chi connectivity index (χ3v) is 5.74. The number of aliphatic hydroxyl groups excluding tert-OH is 1. The van der Waals surface area contributed by atoms with Gasteiger partial charge < -0.3 is 15.2 Å². The number of ether oxygens (including phenoxy) is 1. The largest absolute Gasteiger partial charge is 0.478 e. The number of nitrogens with zero attached hydrogens (tertiary/aromatic N) is 1. The van der Waals surface area contributed by atoms with E-state index in [1.165, 1.54) is 11.3 Å². The third-order valence-electron chi connectivity index (χ3n) is 4.11. The Kier molecular flexibility index (Phi) is 7.32. The Morgan fingerprint density at radius 3 is 2.50 bits per heavy atom. The average molecular weight is 433 g/mol. The minimum absolute atomic E-state index is 0.123. The molecule has 1 aromatic heterocycles. The first kappa shape index (κ1) is 20.7. The van der Waals surface area contributed by atoms with Crippen molar-refractivity contribution in [2.24, 2.45) is 0 Å². The molecule has 2 aromatic carbocycles. The summed E-state index contributed by atoms with van der Waals surface area (Å²) in [5.74, 6) is 0. The minimum atomic E-state index is 0.123. The summed E-state index contributed by atoms with van der Waals surface area (Å²) in [4.78, 5) is 0. The molecule has 7 heteroatoms. The van der Waals surface area contributed by atoms with Crippen LogP contribution in [0.4, 0.5) is 0 Å². The van der Waals surface area contributed by atoms with Crippen LogP contribution in [0.5, 0.6) is 5.06 Å². The molecule has 0 aliphatic heterocycles. The molecule has 4 nitrogen and oxygen atoms in total. The average Bonchev–Trinajstić information content (AvgIpc) is 3.12. The van der Waals surface area contributed by atoms with Crippen molar-refractivity contribution >= 4 is 34.5 Å². The summed E-state index contributed by atoms with van der Waals surface area (Å²) >= 11 is 13.5. The number of hydrogen-bond acceptors (Lipinski definition) is 5. The molecule has 1 heterocycles. The standard InChI is InChI=1S/C21H18Cl2N2O2S/c22-19-6-5-16(9-20(19)23)18-13-28-21(17(18)10-24)27-12-15-3-1-14(2-4-15)11-25-7-8-26/h1-6,9,13,25-26H,7-8,11-12H2. The first-order valence-electron chi connectivity index (χ1n) is 8.61. The first-order chi connectivity index (χ1) is 13.6. The Bertz CT molecular complexity index is 981. The van der Waals surface area contributed by atoms with E-state index in [4.69, 9.17) is 33.0 Å². The van der Waals surface area contributed by atoms with Gasteiger partial charge in [-0.2, -0.15) is 5.26 Å². The maximum Gasteiger partial charge on any atom is 0.192 e. The van der Waals surface area contributed by atoms with Gasteiger partial charge in [-0.25, -0.2) is 0 Å². The number of thiophene rings is 1. The molecule has 0 amide bonds. The molecular formula is C21H18Cl2N2O2S. The van der Waals surface area contributed by atoms with Crippen LogP contribution in [-0.2, 0) is 13.2 Å². The maximum absolute atomic E-state index is 9.60. The Hall–Kier alpha value is -2.07. The molecule has 0 aliphatic rings. The topological polar surface area (TPSA) is 65.3 Å². The van der Waals surface area contributed by atoms with Crippen molar-refractivity contribution in [1.82, 2.24) is 5.32 Å². The van der Waals surface area contributed by atoms with E-state index >= 15 is 0 Å². The minimum Gasteiger partial charge on any atom is -0.478 e. The molecule has 0 fully saturated rings. The molecule has 0 bridgehead atoms. The van der Waals surface area contributed by atoms with Crippen molar-refractivity contribution in [1.29, 1.82) is 5.26 Å². The fourth-order valence-corrected chi connectivity index (χ4v) is 3.82. The summed E-state index contributed by atoms with van der Waals surface area (Å²) in [6.07, 6.45) is 0. The van der Waals surface area contributed by atoms with E-state index < -0.39 is 0 Å². The third kappa shape index (κ3) is 5.05. The number of aliphatic hydroxyl groups is 1. The van der Waals surface area contributed by atoms with Gasteiger partial charge in [0.2, 0.25) is 0 Å². The molecule has 0 spiro atoms. The number of nitrogens with one attached hydrogen (secondary N) is 1. The number of nitriles is 1. The van der Waals surface area contributed by atoms with E-state index in [0.29, 0.717) is 40.4 Å². The van der Waals surface area contributed by atoms with Crippen LogP contribution in [-0.4, -0.2) is 18.3 Å². The van der Waals surface area contributed by atoms with Crippen molar-refractivity contribution in [3.8, 4) is 22.3 Å². The van der Waals surface area contributed by atoms with Crippen molar-refractivity contribution < 1.29 is 9.84 Å². The number of benzene rings is 2. The molecule has 2 N–H and O–H groups in total. The van der Waals surface area contributed by atoms with Crippen molar-refractivity contribution in [2.75, 3.05) is 13.2 Å². The molecule has 144 valence electrons. The van der Waals surface area contributed by atoms with E-state index in [2.05, 4.69) is 11.4 Å². The molecular weight excluding hydrogens is 415 g/mol. The van der Waals surface area contributed by atoms with Crippen molar-refractivity contribution in [2.45, 2.75) is 13.2 Å². The molecule has 0 atom stereocenters. The number of hydrogen-bond donors (Lipinski definition) is 2. The highest BCUT2D eigenvalue weighted by molar-refractivity contribution is 7.12. The van der Waals surface area contributed by atoms with Gasteiger partial charge in [-0.05, 0) is 28.8 Å². The zero-order valence-corrected chi connectivity index (χ0v) is 17.2. The highest BCUT2D eigenvalue weighted by Crippen LogP contribution is 2.38. The fraction of sp³-hybridized carbons (Fsp3) is 0.190. The van der Waals surface area contributed by atoms with Crippen LogP contribution in [0.1, 0.15) is 16.7 Å². The molecule has 28 heavy (non-hydrogen) atoms. The van der Waals surface area contributed by atoms with E-state index in [1.807, 2.05) is 35.7 Å². The summed E-state index contributed by atoms with van der Waals surface area (Å²) in [6, 6.07) is 15.6. The number of halogens is 2. The van der Waals surface area contributed by atoms with Crippen molar-refractivity contribution in [3.05, 3.63) is 74.6 Å². The van der Waals surface area contributed by atoms with E-state index in [1.54, 1.807) is 12.1 Å². The summed E-state index contributed by atoms with van der Waals surface area (Å²) in [7, 11) is 0. The summed E-state index contributed by atoms with van der Waals surface area (Å²) < 4.78 is 5.90. The SMILES string of the molecule is N#Cc1c(-c2ccc(Cl)c(Cl)c2)csc1OCc1ccc(CNCCO)cc1. The molecule has 0 aliphatic carbocycles. The summed E-state index contributed by atoms with van der Waals surface area (Å²) in [5.41, 5.74) is 4.25. The lowest BCUT2D eigenvalue weighted by atomic mass is 10.1. The lowest BCUT2D eigenvalue weighted by Crippen LogP contribution is -2.17. The van der Waals surface area contributed by atoms with Gasteiger partial charge in [-0.1, -0.05) is 53.5 Å². The van der Waals surface area contributed by atoms with Gasteiger partial charge in [0.05, 0.1) is 16.7 Å². The zero-order valence-electron chi connectivity index (χ0n) is 14.9. The van der Waals surface area contributed by atoms with Gasteiger partial charge in [-0.3, -0.25) is 0 Å². The second kappa shape index (κ2) is 9.92. The van der Waals surface area contributed by atoms with Crippen LogP contribution in [0.25, 0.3) is 11.1 Å². The predicted octanol–water partition coefficient (Wildman–Crippen LogP) is 5.25. The highest BCUT2D eigenvalue weighted by atomic mass is 35.5. The second-order valence-corrected chi connectivity index (χ2v) is 7.71. The van der Waals surface area contributed by atoms with Gasteiger partial charge in [-0.15, -0.1) is 11.3 Å². The smallest absolute Gasteiger partial charge is 0.192 e. The van der Waals surface area contributed by atoms with Gasteiger partial charge in [0, 0.05) is 24.0 Å². The Morgan fingerprint density at radius 2 is 1.82 bits per heavy atom. The van der Waals surface area contributed by atoms with Gasteiger partial charge in [0.1, 0.15) is 18.2 Å². The summed E-state index contributed by atoms with van der Waals surface area (Å²) in [6.45, 7) is 1.78. The monoisotopic (exact) mass is 432 g/mol. The van der Waals surface area contributed by atoms with E-state index in [9.17, 15) is 5.26 Å². The zero-order chi connectivity index (χ0) is 19.9. The van der Waals surface area contributed by atoms with Gasteiger partial charge in [0.25, 0.3) is 0 Å². The Labute approximate surface area is 177 Å². The molecule has 3 rings (SSSR count). The van der Waals surface area contributed by atoms with Crippen LogP contribution in [0.3, 0.4) is 0 Å². The molecule has 0 saturated heterocycles. The number of rotatable bonds is 8. The van der Waals surface area contributed by atoms with Crippen LogP contribution in [0.15, 0.2) is 47.8 Å². The lowest BCUT2D eigenvalue weighted by Gasteiger charge is -2.07. The van der Waals surface area contributed by atoms with Crippen LogP contribution in [0.2, 0.25) is 10.0 Å². The van der Waals surface area contributed by atoms with Crippen LogP contribution in [0, 0.1) is 11.3 Å². The molecule has 0 saturated carbocycles. The Balaban J connectivity index is 1.69. The van der Waals surface area contributed by atoms with E-state index in [-0.39, 0.29) is 6.61 Å². The molecule has 3 aromatic rings. The van der Waals surface area contributed by atoms with Gasteiger partial charge in [0.15, 0.2) is 5.06 Å². The lowest BCUT2D eigenvalue weighted by molar-refractivity contribution is 0.292. The Morgan fingerprint density at radius 1 is 1.07 bits per heavy atom. The quantitative estimate of drug-likeness (QED) is 0.476. The second-order valence-electron chi connectivity index (χ2n) is 6.06. The highest BCUT2D eigenvalue weighted by Gasteiger charge is 2.15. The first-order valence-corrected chi connectivity index (χ1v) is 10.2. The van der Waals surface area contributed by atoms with Gasteiger partial charge >= 0.3 is 0 Å². The molecule has 0 unspecified atom stereocenters.